The van der Waals surface area contributed by atoms with E-state index in [0.29, 0.717) is 5.06 Å². The van der Waals surface area contributed by atoms with E-state index in [1.54, 1.807) is 19.9 Å². The van der Waals surface area contributed by atoms with Crippen molar-refractivity contribution in [3.63, 3.8) is 0 Å². The Labute approximate surface area is 177 Å². The monoisotopic (exact) mass is 423 g/mol. The molecule has 0 spiro atoms. The second kappa shape index (κ2) is 13.5. The van der Waals surface area contributed by atoms with Crippen molar-refractivity contribution >= 4 is 29.6 Å². The van der Waals surface area contributed by atoms with Crippen LogP contribution in [0.25, 0.3) is 0 Å². The molecule has 0 radical (unpaired) electrons. The highest BCUT2D eigenvalue weighted by Crippen LogP contribution is 2.14. The lowest BCUT2D eigenvalue weighted by Gasteiger charge is -2.22. The molecule has 1 rings (SSSR count). The van der Waals surface area contributed by atoms with Crippen molar-refractivity contribution in [1.29, 1.82) is 0 Å². The summed E-state index contributed by atoms with van der Waals surface area (Å²) in [4.78, 5) is 64.2. The van der Waals surface area contributed by atoms with E-state index in [-0.39, 0.29) is 37.6 Å². The van der Waals surface area contributed by atoms with E-state index in [0.717, 1.165) is 12.8 Å². The molecule has 4 amide bonds. The molecule has 30 heavy (non-hydrogen) atoms. The summed E-state index contributed by atoms with van der Waals surface area (Å²) in [6, 6.07) is -1.06. The number of unbranched alkanes of at least 4 members (excludes halogenated alkanes) is 4. The fourth-order valence-corrected chi connectivity index (χ4v) is 2.78. The Hall–Kier alpha value is -2.71. The summed E-state index contributed by atoms with van der Waals surface area (Å²) >= 11 is 0. The van der Waals surface area contributed by atoms with Crippen LogP contribution >= 0.6 is 0 Å². The summed E-state index contributed by atoms with van der Waals surface area (Å²) in [7, 11) is 0. The van der Waals surface area contributed by atoms with Crippen LogP contribution < -0.4 is 10.6 Å². The number of nitrogens with one attached hydrogen (secondary N) is 2. The Kier molecular flexibility index (Phi) is 11.4. The standard InChI is InChI=1S/C21H33N3O6/c1-4-5-6-7-8-9-10-11-16(25)22-14-17(26)23-20(15(2)3)21(29)30-24-18(27)12-13-19(24)28/h9-10,15,20H,4-8,11-14H2,1-3H3,(H,22,25)(H,23,26)/b10-9-/t20-/m0/s1. The summed E-state index contributed by atoms with van der Waals surface area (Å²) in [6.07, 6.45) is 9.47. The van der Waals surface area contributed by atoms with Gasteiger partial charge in [-0.2, -0.15) is 0 Å². The fourth-order valence-electron chi connectivity index (χ4n) is 2.78. The lowest BCUT2D eigenvalue weighted by atomic mass is 10.0. The Bertz CT molecular complexity index is 643. The zero-order valence-corrected chi connectivity index (χ0v) is 18.1. The zero-order valence-electron chi connectivity index (χ0n) is 18.1. The number of hydrogen-bond donors (Lipinski definition) is 2. The first-order chi connectivity index (χ1) is 14.3. The van der Waals surface area contributed by atoms with Gasteiger partial charge in [0.25, 0.3) is 11.8 Å². The van der Waals surface area contributed by atoms with Gasteiger partial charge in [-0.1, -0.05) is 52.2 Å². The number of hydroxylamine groups is 2. The molecular formula is C21H33N3O6. The highest BCUT2D eigenvalue weighted by Gasteiger charge is 2.36. The van der Waals surface area contributed by atoms with Gasteiger partial charge in [0.2, 0.25) is 11.8 Å². The van der Waals surface area contributed by atoms with Crippen LogP contribution in [0.3, 0.4) is 0 Å². The Morgan fingerprint density at radius 2 is 1.70 bits per heavy atom. The molecule has 0 aromatic carbocycles. The van der Waals surface area contributed by atoms with Crippen molar-refractivity contribution < 1.29 is 28.8 Å². The predicted molar refractivity (Wildman–Crippen MR) is 109 cm³/mol. The molecule has 2 N–H and O–H groups in total. The highest BCUT2D eigenvalue weighted by atomic mass is 16.7. The molecule has 1 fully saturated rings. The fraction of sp³-hybridized carbons (Fsp3) is 0.667. The molecule has 1 aliphatic rings. The first-order valence-corrected chi connectivity index (χ1v) is 10.5. The van der Waals surface area contributed by atoms with E-state index in [4.69, 9.17) is 4.84 Å². The second-order valence-electron chi connectivity index (χ2n) is 7.58. The van der Waals surface area contributed by atoms with Crippen molar-refractivity contribution in [3.05, 3.63) is 12.2 Å². The molecule has 1 aliphatic heterocycles. The predicted octanol–water partition coefficient (Wildman–Crippen LogP) is 1.77. The molecule has 1 saturated heterocycles. The number of nitrogens with zero attached hydrogens (tertiary/aromatic N) is 1. The van der Waals surface area contributed by atoms with Crippen molar-refractivity contribution in [2.75, 3.05) is 6.54 Å². The molecule has 1 atom stereocenters. The van der Waals surface area contributed by atoms with Gasteiger partial charge >= 0.3 is 5.97 Å². The van der Waals surface area contributed by atoms with Crippen LogP contribution in [0.1, 0.15) is 72.1 Å². The molecule has 0 bridgehead atoms. The minimum atomic E-state index is -1.06. The number of imide groups is 1. The number of hydrogen-bond acceptors (Lipinski definition) is 6. The zero-order chi connectivity index (χ0) is 22.5. The minimum absolute atomic E-state index is 0.00989. The second-order valence-corrected chi connectivity index (χ2v) is 7.58. The topological polar surface area (TPSA) is 122 Å². The normalized spacial score (nSPS) is 15.0. The Balaban J connectivity index is 2.38. The smallest absolute Gasteiger partial charge is 0.347 e. The Morgan fingerprint density at radius 3 is 2.30 bits per heavy atom. The van der Waals surface area contributed by atoms with E-state index < -0.39 is 29.7 Å². The number of amides is 4. The average molecular weight is 424 g/mol. The molecule has 0 saturated carbocycles. The van der Waals surface area contributed by atoms with Crippen LogP contribution in [0.4, 0.5) is 0 Å². The molecule has 9 heteroatoms. The van der Waals surface area contributed by atoms with E-state index in [2.05, 4.69) is 17.6 Å². The maximum absolute atomic E-state index is 12.3. The summed E-state index contributed by atoms with van der Waals surface area (Å²) < 4.78 is 0. The van der Waals surface area contributed by atoms with Crippen LogP contribution in [0.5, 0.6) is 0 Å². The quantitative estimate of drug-likeness (QED) is 0.264. The molecular weight excluding hydrogens is 390 g/mol. The first-order valence-electron chi connectivity index (χ1n) is 10.5. The van der Waals surface area contributed by atoms with Gasteiger partial charge in [0.1, 0.15) is 6.04 Å². The number of rotatable bonds is 13. The van der Waals surface area contributed by atoms with Crippen LogP contribution in [-0.4, -0.2) is 47.2 Å². The average Bonchev–Trinajstić information content (AvgIpc) is 3.01. The van der Waals surface area contributed by atoms with Gasteiger partial charge in [-0.3, -0.25) is 19.2 Å². The third-order valence-electron chi connectivity index (χ3n) is 4.56. The van der Waals surface area contributed by atoms with Gasteiger partial charge in [0, 0.05) is 19.3 Å². The van der Waals surface area contributed by atoms with Gasteiger partial charge in [-0.25, -0.2) is 4.79 Å². The molecule has 0 aromatic heterocycles. The van der Waals surface area contributed by atoms with Crippen molar-refractivity contribution in [3.8, 4) is 0 Å². The van der Waals surface area contributed by atoms with Crippen molar-refractivity contribution in [1.82, 2.24) is 15.7 Å². The molecule has 9 nitrogen and oxygen atoms in total. The number of allylic oxidation sites excluding steroid dienone is 1. The number of carbonyl (C=O) groups excluding carboxylic acids is 5. The third-order valence-corrected chi connectivity index (χ3v) is 4.56. The molecule has 0 aromatic rings. The maximum atomic E-state index is 12.3. The van der Waals surface area contributed by atoms with Crippen LogP contribution in [0.15, 0.2) is 12.2 Å². The molecule has 1 heterocycles. The summed E-state index contributed by atoms with van der Waals surface area (Å²) in [6.45, 7) is 5.23. The maximum Gasteiger partial charge on any atom is 0.355 e. The summed E-state index contributed by atoms with van der Waals surface area (Å²) in [5.74, 6) is -3.30. The van der Waals surface area contributed by atoms with Crippen LogP contribution in [-0.2, 0) is 28.8 Å². The van der Waals surface area contributed by atoms with E-state index in [9.17, 15) is 24.0 Å². The Morgan fingerprint density at radius 1 is 1.03 bits per heavy atom. The van der Waals surface area contributed by atoms with Crippen molar-refractivity contribution in [2.24, 2.45) is 5.92 Å². The summed E-state index contributed by atoms with van der Waals surface area (Å²) in [5.41, 5.74) is 0. The van der Waals surface area contributed by atoms with E-state index in [1.807, 2.05) is 6.08 Å². The van der Waals surface area contributed by atoms with Gasteiger partial charge in [0.15, 0.2) is 0 Å². The van der Waals surface area contributed by atoms with Crippen molar-refractivity contribution in [2.45, 2.75) is 78.2 Å². The van der Waals surface area contributed by atoms with Crippen LogP contribution in [0.2, 0.25) is 0 Å². The van der Waals surface area contributed by atoms with Gasteiger partial charge in [-0.15, -0.1) is 5.06 Å². The summed E-state index contributed by atoms with van der Waals surface area (Å²) in [5, 5.41) is 5.41. The van der Waals surface area contributed by atoms with Gasteiger partial charge in [-0.05, 0) is 18.8 Å². The minimum Gasteiger partial charge on any atom is -0.347 e. The number of carbonyl (C=O) groups is 5. The highest BCUT2D eigenvalue weighted by molar-refractivity contribution is 6.02. The SMILES string of the molecule is CCCCCC/C=C\CC(=O)NCC(=O)N[C@H](C(=O)ON1C(=O)CCC1=O)C(C)C. The molecule has 0 aliphatic carbocycles. The lowest BCUT2D eigenvalue weighted by Crippen LogP contribution is -2.50. The molecule has 0 unspecified atom stereocenters. The van der Waals surface area contributed by atoms with E-state index >= 15 is 0 Å². The van der Waals surface area contributed by atoms with Gasteiger partial charge in [0.05, 0.1) is 6.54 Å². The third kappa shape index (κ3) is 9.19. The van der Waals surface area contributed by atoms with Crippen LogP contribution in [0, 0.1) is 5.92 Å². The molecule has 168 valence electrons. The largest absolute Gasteiger partial charge is 0.355 e. The van der Waals surface area contributed by atoms with Gasteiger partial charge < -0.3 is 15.5 Å². The lowest BCUT2D eigenvalue weighted by molar-refractivity contribution is -0.199. The van der Waals surface area contributed by atoms with E-state index in [1.165, 1.54) is 19.3 Å². The first kappa shape index (κ1) is 25.3.